The largest absolute Gasteiger partial charge is 0.493 e. The van der Waals surface area contributed by atoms with Gasteiger partial charge in [0.05, 0.1) is 29.7 Å². The van der Waals surface area contributed by atoms with Crippen LogP contribution in [0.2, 0.25) is 0 Å². The fourth-order valence-corrected chi connectivity index (χ4v) is 2.29. The molecule has 1 rings (SSSR count). The number of halogens is 1. The average molecular weight is 341 g/mol. The number of nitrogens with two attached hydrogens (primary N) is 1. The molecule has 110 valence electrons. The highest BCUT2D eigenvalue weighted by Gasteiger charge is 2.18. The van der Waals surface area contributed by atoms with E-state index in [0.717, 1.165) is 16.5 Å². The van der Waals surface area contributed by atoms with Crippen molar-refractivity contribution in [1.29, 1.82) is 5.26 Å². The van der Waals surface area contributed by atoms with Gasteiger partial charge in [-0.15, -0.1) is 0 Å². The molecule has 0 amide bonds. The fraction of sp³-hybridized carbons (Fsp3) is 0.533. The maximum absolute atomic E-state index is 8.99. The molecule has 0 bridgehead atoms. The van der Waals surface area contributed by atoms with Crippen LogP contribution in [0.15, 0.2) is 16.6 Å². The molecule has 5 heteroatoms. The number of hydrogen-bond acceptors (Lipinski definition) is 4. The molecule has 0 heterocycles. The summed E-state index contributed by atoms with van der Waals surface area (Å²) >= 11 is 3.50. The number of rotatable bonds is 7. The second-order valence-electron chi connectivity index (χ2n) is 5.24. The van der Waals surface area contributed by atoms with E-state index in [1.807, 2.05) is 26.0 Å². The lowest BCUT2D eigenvalue weighted by Gasteiger charge is -2.18. The molecular formula is C15H21BrN2O2. The van der Waals surface area contributed by atoms with Crippen molar-refractivity contribution < 1.29 is 9.47 Å². The lowest BCUT2D eigenvalue weighted by atomic mass is 9.92. The average Bonchev–Trinajstić information content (AvgIpc) is 2.41. The molecule has 0 fully saturated rings. The van der Waals surface area contributed by atoms with Crippen LogP contribution in [0.1, 0.15) is 25.8 Å². The molecule has 0 aliphatic heterocycles. The van der Waals surface area contributed by atoms with Gasteiger partial charge in [0.25, 0.3) is 0 Å². The highest BCUT2D eigenvalue weighted by atomic mass is 79.9. The Morgan fingerprint density at radius 3 is 2.65 bits per heavy atom. The Kier molecular flexibility index (Phi) is 6.31. The van der Waals surface area contributed by atoms with E-state index in [1.54, 1.807) is 7.11 Å². The minimum atomic E-state index is -0.390. The zero-order valence-electron chi connectivity index (χ0n) is 12.2. The van der Waals surface area contributed by atoms with Gasteiger partial charge in [-0.2, -0.15) is 5.26 Å². The van der Waals surface area contributed by atoms with Crippen LogP contribution in [0.5, 0.6) is 11.5 Å². The molecule has 0 spiro atoms. The van der Waals surface area contributed by atoms with Crippen LogP contribution in [-0.4, -0.2) is 20.3 Å². The zero-order valence-corrected chi connectivity index (χ0v) is 13.8. The van der Waals surface area contributed by atoms with Gasteiger partial charge in [0, 0.05) is 0 Å². The van der Waals surface area contributed by atoms with Crippen molar-refractivity contribution in [2.45, 2.75) is 26.7 Å². The van der Waals surface area contributed by atoms with Crippen LogP contribution in [0.4, 0.5) is 0 Å². The molecular weight excluding hydrogens is 320 g/mol. The lowest BCUT2D eigenvalue weighted by Crippen LogP contribution is -2.13. The minimum absolute atomic E-state index is 0.390. The van der Waals surface area contributed by atoms with Crippen LogP contribution in [0.25, 0.3) is 0 Å². The molecule has 0 radical (unpaired) electrons. The smallest absolute Gasteiger partial charge is 0.175 e. The first-order chi connectivity index (χ1) is 9.43. The minimum Gasteiger partial charge on any atom is -0.493 e. The summed E-state index contributed by atoms with van der Waals surface area (Å²) < 4.78 is 12.0. The van der Waals surface area contributed by atoms with Crippen LogP contribution in [0, 0.1) is 16.7 Å². The molecule has 2 N–H and O–H groups in total. The van der Waals surface area contributed by atoms with E-state index < -0.39 is 0 Å². The Morgan fingerprint density at radius 1 is 1.40 bits per heavy atom. The maximum atomic E-state index is 8.99. The summed E-state index contributed by atoms with van der Waals surface area (Å²) in [5.74, 6) is 1.35. The zero-order chi connectivity index (χ0) is 15.2. The Labute approximate surface area is 129 Å². The number of nitriles is 1. The van der Waals surface area contributed by atoms with Gasteiger partial charge in [-0.05, 0) is 66.9 Å². The highest BCUT2D eigenvalue weighted by molar-refractivity contribution is 9.10. The van der Waals surface area contributed by atoms with Crippen molar-refractivity contribution >= 4 is 15.9 Å². The van der Waals surface area contributed by atoms with E-state index in [2.05, 4.69) is 22.0 Å². The molecule has 0 unspecified atom stereocenters. The summed E-state index contributed by atoms with van der Waals surface area (Å²) in [6.45, 7) is 4.85. The first-order valence-electron chi connectivity index (χ1n) is 6.54. The molecule has 0 aliphatic carbocycles. The van der Waals surface area contributed by atoms with Gasteiger partial charge < -0.3 is 15.2 Å². The first kappa shape index (κ1) is 16.8. The molecule has 20 heavy (non-hydrogen) atoms. The number of benzene rings is 1. The molecule has 0 atom stereocenters. The first-order valence-corrected chi connectivity index (χ1v) is 7.33. The Hall–Kier alpha value is -1.25. The van der Waals surface area contributed by atoms with Gasteiger partial charge in [0.15, 0.2) is 11.5 Å². The van der Waals surface area contributed by atoms with Gasteiger partial charge in [0.2, 0.25) is 0 Å². The van der Waals surface area contributed by atoms with E-state index in [1.165, 1.54) is 0 Å². The summed E-state index contributed by atoms with van der Waals surface area (Å²) in [7, 11) is 1.61. The second kappa shape index (κ2) is 7.51. The summed E-state index contributed by atoms with van der Waals surface area (Å²) in [5, 5.41) is 8.99. The molecule has 4 nitrogen and oxygen atoms in total. The van der Waals surface area contributed by atoms with E-state index in [-0.39, 0.29) is 5.41 Å². The number of nitrogens with zero attached hydrogens (tertiary/aromatic N) is 1. The number of hydrogen-bond donors (Lipinski definition) is 1. The molecule has 0 saturated heterocycles. The number of ether oxygens (including phenoxy) is 2. The Bertz CT molecular complexity index is 495. The second-order valence-corrected chi connectivity index (χ2v) is 6.10. The topological polar surface area (TPSA) is 68.3 Å². The summed E-state index contributed by atoms with van der Waals surface area (Å²) in [5.41, 5.74) is 6.27. The normalized spacial score (nSPS) is 11.0. The van der Waals surface area contributed by atoms with Gasteiger partial charge in [-0.25, -0.2) is 0 Å². The highest BCUT2D eigenvalue weighted by Crippen LogP contribution is 2.37. The van der Waals surface area contributed by atoms with Crippen molar-refractivity contribution in [3.05, 3.63) is 22.2 Å². The predicted octanol–water partition coefficient (Wildman–Crippen LogP) is 3.28. The molecule has 1 aromatic carbocycles. The van der Waals surface area contributed by atoms with Crippen molar-refractivity contribution in [3.8, 4) is 17.6 Å². The summed E-state index contributed by atoms with van der Waals surface area (Å²) in [6.07, 6.45) is 1.44. The standard InChI is InChI=1S/C15H21BrN2O2/c1-15(2,10-18)5-7-20-14-12(16)8-11(4-6-17)9-13(14)19-3/h8-9H,4-7,17H2,1-3H3. The summed E-state index contributed by atoms with van der Waals surface area (Å²) in [4.78, 5) is 0. The number of methoxy groups -OCH3 is 1. The lowest BCUT2D eigenvalue weighted by molar-refractivity contribution is 0.251. The van der Waals surface area contributed by atoms with Crippen LogP contribution in [0.3, 0.4) is 0 Å². The summed E-state index contributed by atoms with van der Waals surface area (Å²) in [6, 6.07) is 6.18. The quantitative estimate of drug-likeness (QED) is 0.826. The maximum Gasteiger partial charge on any atom is 0.175 e. The molecule has 0 saturated carbocycles. The molecule has 0 aromatic heterocycles. The monoisotopic (exact) mass is 340 g/mol. The van der Waals surface area contributed by atoms with Gasteiger partial charge >= 0.3 is 0 Å². The van der Waals surface area contributed by atoms with E-state index in [0.29, 0.717) is 31.1 Å². The van der Waals surface area contributed by atoms with Crippen molar-refractivity contribution in [3.63, 3.8) is 0 Å². The Balaban J connectivity index is 2.82. The van der Waals surface area contributed by atoms with Gasteiger partial charge in [-0.1, -0.05) is 0 Å². The van der Waals surface area contributed by atoms with Crippen molar-refractivity contribution in [2.24, 2.45) is 11.1 Å². The molecule has 1 aromatic rings. The van der Waals surface area contributed by atoms with E-state index in [9.17, 15) is 0 Å². The van der Waals surface area contributed by atoms with E-state index in [4.69, 9.17) is 20.5 Å². The van der Waals surface area contributed by atoms with Crippen LogP contribution < -0.4 is 15.2 Å². The van der Waals surface area contributed by atoms with Gasteiger partial charge in [-0.3, -0.25) is 0 Å². The van der Waals surface area contributed by atoms with Crippen molar-refractivity contribution in [1.82, 2.24) is 0 Å². The van der Waals surface area contributed by atoms with Crippen molar-refractivity contribution in [2.75, 3.05) is 20.3 Å². The molecule has 0 aliphatic rings. The van der Waals surface area contributed by atoms with Crippen LogP contribution >= 0.6 is 15.9 Å². The van der Waals surface area contributed by atoms with Crippen LogP contribution in [-0.2, 0) is 6.42 Å². The Morgan fingerprint density at radius 2 is 2.10 bits per heavy atom. The van der Waals surface area contributed by atoms with Gasteiger partial charge in [0.1, 0.15) is 0 Å². The predicted molar refractivity (Wildman–Crippen MR) is 83.0 cm³/mol. The third kappa shape index (κ3) is 4.69. The van der Waals surface area contributed by atoms with E-state index >= 15 is 0 Å². The third-order valence-electron chi connectivity index (χ3n) is 3.00. The third-order valence-corrected chi connectivity index (χ3v) is 3.59. The fourth-order valence-electron chi connectivity index (χ4n) is 1.69. The SMILES string of the molecule is COc1cc(CCN)cc(Br)c1OCCC(C)(C)C#N.